The first kappa shape index (κ1) is 24.3. The molecule has 12 nitrogen and oxygen atoms in total. The van der Waals surface area contributed by atoms with E-state index in [1.54, 1.807) is 17.3 Å². The number of ether oxygens (including phenoxy) is 2. The van der Waals surface area contributed by atoms with Crippen LogP contribution in [0.2, 0.25) is 0 Å². The number of aromatic nitrogens is 4. The fourth-order valence-electron chi connectivity index (χ4n) is 4.99. The van der Waals surface area contributed by atoms with E-state index < -0.39 is 0 Å². The highest BCUT2D eigenvalue weighted by Gasteiger charge is 2.32. The summed E-state index contributed by atoms with van der Waals surface area (Å²) >= 11 is 0. The van der Waals surface area contributed by atoms with Crippen LogP contribution in [-0.4, -0.2) is 85.1 Å². The molecule has 2 aromatic heterocycles. The van der Waals surface area contributed by atoms with Crippen LogP contribution in [0.4, 0.5) is 33.9 Å². The number of rotatable bonds is 4. The Morgan fingerprint density at radius 1 is 0.947 bits per heavy atom. The lowest BCUT2D eigenvalue weighted by molar-refractivity contribution is 0.122. The standard InChI is InChI=1S/C26H31N9O3/c1-17-2-3-19(33-6-10-37-11-7-33)14-21(17)30-26(36)35-5-4-20-22(18-15-28-24(27)29-16-18)31-25(32-23(20)35)34-8-12-38-13-9-34/h2-3,14-16H,4-13H2,1H3,(H,30,36)(H2,27,28,29). The monoisotopic (exact) mass is 517 g/mol. The second-order valence-corrected chi connectivity index (χ2v) is 9.53. The number of amides is 2. The smallest absolute Gasteiger partial charge is 0.327 e. The fourth-order valence-corrected chi connectivity index (χ4v) is 4.99. The van der Waals surface area contributed by atoms with Crippen molar-refractivity contribution in [1.82, 2.24) is 19.9 Å². The van der Waals surface area contributed by atoms with Crippen LogP contribution in [0.25, 0.3) is 11.3 Å². The van der Waals surface area contributed by atoms with Crippen molar-refractivity contribution in [3.05, 3.63) is 41.7 Å². The van der Waals surface area contributed by atoms with Crippen molar-refractivity contribution in [2.24, 2.45) is 0 Å². The summed E-state index contributed by atoms with van der Waals surface area (Å²) < 4.78 is 11.0. The number of nitrogen functional groups attached to an aromatic ring is 1. The summed E-state index contributed by atoms with van der Waals surface area (Å²) in [5, 5.41) is 3.13. The van der Waals surface area contributed by atoms with Gasteiger partial charge >= 0.3 is 6.03 Å². The number of urea groups is 1. The Balaban J connectivity index is 1.32. The molecular formula is C26H31N9O3. The second kappa shape index (κ2) is 10.4. The van der Waals surface area contributed by atoms with Gasteiger partial charge < -0.3 is 30.3 Å². The minimum Gasteiger partial charge on any atom is -0.378 e. The number of carbonyl (C=O) groups excluding carboxylic acids is 1. The van der Waals surface area contributed by atoms with Gasteiger partial charge in [-0.2, -0.15) is 4.98 Å². The molecule has 3 aromatic rings. The average Bonchev–Trinajstić information content (AvgIpc) is 3.39. The van der Waals surface area contributed by atoms with Crippen LogP contribution in [0.1, 0.15) is 11.1 Å². The van der Waals surface area contributed by atoms with Crippen LogP contribution in [0.3, 0.4) is 0 Å². The van der Waals surface area contributed by atoms with E-state index in [4.69, 9.17) is 25.2 Å². The van der Waals surface area contributed by atoms with Crippen LogP contribution in [0, 0.1) is 6.92 Å². The zero-order valence-corrected chi connectivity index (χ0v) is 21.4. The van der Waals surface area contributed by atoms with Gasteiger partial charge in [-0.05, 0) is 31.0 Å². The van der Waals surface area contributed by atoms with E-state index in [1.807, 2.05) is 19.1 Å². The van der Waals surface area contributed by atoms with Crippen molar-refractivity contribution in [1.29, 1.82) is 0 Å². The van der Waals surface area contributed by atoms with E-state index in [-0.39, 0.29) is 12.0 Å². The van der Waals surface area contributed by atoms with E-state index >= 15 is 0 Å². The molecule has 6 rings (SSSR count). The van der Waals surface area contributed by atoms with Gasteiger partial charge in [0.05, 0.1) is 32.1 Å². The molecular weight excluding hydrogens is 486 g/mol. The van der Waals surface area contributed by atoms with Crippen LogP contribution in [0.15, 0.2) is 30.6 Å². The summed E-state index contributed by atoms with van der Waals surface area (Å²) in [6.07, 6.45) is 3.95. The van der Waals surface area contributed by atoms with E-state index in [2.05, 4.69) is 31.2 Å². The molecule has 0 unspecified atom stereocenters. The lowest BCUT2D eigenvalue weighted by Crippen LogP contribution is -2.38. The summed E-state index contributed by atoms with van der Waals surface area (Å²) in [6.45, 7) is 8.10. The summed E-state index contributed by atoms with van der Waals surface area (Å²) in [5.41, 5.74) is 10.9. The molecule has 1 aromatic carbocycles. The van der Waals surface area contributed by atoms with Crippen molar-refractivity contribution in [2.45, 2.75) is 13.3 Å². The van der Waals surface area contributed by atoms with Gasteiger partial charge in [-0.15, -0.1) is 0 Å². The number of morpholine rings is 2. The molecule has 3 aliphatic heterocycles. The molecule has 2 saturated heterocycles. The molecule has 0 radical (unpaired) electrons. The molecule has 2 fully saturated rings. The van der Waals surface area contributed by atoms with E-state index in [9.17, 15) is 4.79 Å². The fraction of sp³-hybridized carbons (Fsp3) is 0.423. The molecule has 0 saturated carbocycles. The SMILES string of the molecule is Cc1ccc(N2CCOCC2)cc1NC(=O)N1CCc2c(-c3cnc(N)nc3)nc(N3CCOCC3)nc21. The Bertz CT molecular complexity index is 1320. The van der Waals surface area contributed by atoms with Gasteiger partial charge in [-0.1, -0.05) is 6.07 Å². The van der Waals surface area contributed by atoms with Gasteiger partial charge in [0, 0.05) is 67.6 Å². The van der Waals surface area contributed by atoms with E-state index in [0.717, 1.165) is 46.8 Å². The van der Waals surface area contributed by atoms with Gasteiger partial charge in [0.1, 0.15) is 5.82 Å². The molecule has 12 heteroatoms. The van der Waals surface area contributed by atoms with E-state index in [1.165, 1.54) is 0 Å². The molecule has 2 amide bonds. The van der Waals surface area contributed by atoms with Crippen molar-refractivity contribution in [3.63, 3.8) is 0 Å². The minimum atomic E-state index is -0.225. The average molecular weight is 518 g/mol. The Kier molecular flexibility index (Phi) is 6.64. The lowest BCUT2D eigenvalue weighted by atomic mass is 10.1. The summed E-state index contributed by atoms with van der Waals surface area (Å²) in [7, 11) is 0. The van der Waals surface area contributed by atoms with E-state index in [0.29, 0.717) is 64.2 Å². The highest BCUT2D eigenvalue weighted by Crippen LogP contribution is 2.36. The van der Waals surface area contributed by atoms with Gasteiger partial charge in [0.15, 0.2) is 0 Å². The third-order valence-electron chi connectivity index (χ3n) is 7.14. The largest absolute Gasteiger partial charge is 0.378 e. The van der Waals surface area contributed by atoms with Gasteiger partial charge in [-0.3, -0.25) is 4.90 Å². The van der Waals surface area contributed by atoms with Gasteiger partial charge in [-0.25, -0.2) is 19.7 Å². The number of aryl methyl sites for hydroxylation is 1. The van der Waals surface area contributed by atoms with Crippen LogP contribution < -0.4 is 25.8 Å². The number of nitrogens with one attached hydrogen (secondary N) is 1. The molecule has 3 N–H and O–H groups in total. The Morgan fingerprint density at radius 3 is 2.34 bits per heavy atom. The molecule has 0 bridgehead atoms. The van der Waals surface area contributed by atoms with Crippen LogP contribution in [-0.2, 0) is 15.9 Å². The third-order valence-corrected chi connectivity index (χ3v) is 7.14. The second-order valence-electron chi connectivity index (χ2n) is 9.53. The Morgan fingerprint density at radius 2 is 1.63 bits per heavy atom. The summed E-state index contributed by atoms with van der Waals surface area (Å²) in [5.74, 6) is 1.36. The lowest BCUT2D eigenvalue weighted by Gasteiger charge is -2.29. The predicted molar refractivity (Wildman–Crippen MR) is 145 cm³/mol. The first-order valence-corrected chi connectivity index (χ1v) is 12.9. The molecule has 0 spiro atoms. The third kappa shape index (κ3) is 4.79. The number of fused-ring (bicyclic) bond motifs is 1. The predicted octanol–water partition coefficient (Wildman–Crippen LogP) is 2.09. The van der Waals surface area contributed by atoms with Crippen LogP contribution in [0.5, 0.6) is 0 Å². The van der Waals surface area contributed by atoms with Gasteiger partial charge in [0.2, 0.25) is 11.9 Å². The van der Waals surface area contributed by atoms with Crippen LogP contribution >= 0.6 is 0 Å². The highest BCUT2D eigenvalue weighted by molar-refractivity contribution is 6.03. The zero-order chi connectivity index (χ0) is 26.1. The zero-order valence-electron chi connectivity index (χ0n) is 21.4. The Hall–Kier alpha value is -4.03. The van der Waals surface area contributed by atoms with Gasteiger partial charge in [0.25, 0.3) is 0 Å². The van der Waals surface area contributed by atoms with Crippen molar-refractivity contribution in [3.8, 4) is 11.3 Å². The van der Waals surface area contributed by atoms with Crippen molar-refractivity contribution >= 4 is 35.1 Å². The topological polar surface area (TPSA) is 135 Å². The number of benzene rings is 1. The maximum Gasteiger partial charge on any atom is 0.327 e. The maximum atomic E-state index is 13.6. The minimum absolute atomic E-state index is 0.198. The number of nitrogens with zero attached hydrogens (tertiary/aromatic N) is 7. The molecule has 3 aliphatic rings. The first-order valence-electron chi connectivity index (χ1n) is 12.9. The molecule has 0 aliphatic carbocycles. The molecule has 38 heavy (non-hydrogen) atoms. The van der Waals surface area contributed by atoms with Crippen molar-refractivity contribution in [2.75, 3.05) is 84.9 Å². The number of anilines is 5. The quantitative estimate of drug-likeness (QED) is 0.530. The molecule has 198 valence electrons. The number of hydrogen-bond acceptors (Lipinski definition) is 10. The highest BCUT2D eigenvalue weighted by atomic mass is 16.5. The normalized spacial score (nSPS) is 17.4. The van der Waals surface area contributed by atoms with Crippen molar-refractivity contribution < 1.29 is 14.3 Å². The first-order chi connectivity index (χ1) is 18.6. The number of hydrogen-bond donors (Lipinski definition) is 2. The molecule has 0 atom stereocenters. The summed E-state index contributed by atoms with van der Waals surface area (Å²) in [6, 6.07) is 5.93. The number of nitrogens with two attached hydrogens (primary N) is 1. The number of carbonyl (C=O) groups is 1. The molecule has 5 heterocycles. The summed E-state index contributed by atoms with van der Waals surface area (Å²) in [4.78, 5) is 37.8. The maximum absolute atomic E-state index is 13.6. The Labute approximate surface area is 220 Å².